The topological polar surface area (TPSA) is 55.4 Å². The van der Waals surface area contributed by atoms with Gasteiger partial charge in [0.1, 0.15) is 12.4 Å². The van der Waals surface area contributed by atoms with Gasteiger partial charge < -0.3 is 14.8 Å². The standard InChI is InChI=1S/C28H55NO3/c1-3-4-21-24-27(2)32-28(31)29-25-22-19-17-15-13-11-9-7-5-6-8-10-12-14-16-18-20-23-26-30/h26-27H,3-25H2,1-2H3,(H,29,31). The highest BCUT2D eigenvalue weighted by atomic mass is 16.6. The maximum Gasteiger partial charge on any atom is 0.407 e. The van der Waals surface area contributed by atoms with Gasteiger partial charge in [0.15, 0.2) is 0 Å². The molecule has 0 aliphatic rings. The molecule has 0 aliphatic heterocycles. The van der Waals surface area contributed by atoms with E-state index in [4.69, 9.17) is 4.74 Å². The Labute approximate surface area is 200 Å². The molecule has 4 heteroatoms. The number of aldehydes is 1. The zero-order chi connectivity index (χ0) is 23.5. The fourth-order valence-electron chi connectivity index (χ4n) is 4.16. The second-order valence-electron chi connectivity index (χ2n) is 9.60. The first-order chi connectivity index (χ1) is 15.7. The van der Waals surface area contributed by atoms with Crippen LogP contribution >= 0.6 is 0 Å². The molecule has 0 aromatic rings. The molecule has 0 heterocycles. The third-order valence-electron chi connectivity index (χ3n) is 6.29. The number of ether oxygens (including phenoxy) is 1. The molecule has 1 amide bonds. The van der Waals surface area contributed by atoms with Crippen molar-refractivity contribution in [3.63, 3.8) is 0 Å². The number of carbonyl (C=O) groups excluding carboxylic acids is 2. The molecule has 0 fully saturated rings. The smallest absolute Gasteiger partial charge is 0.407 e. The quantitative estimate of drug-likeness (QED) is 0.111. The minimum atomic E-state index is -0.250. The number of hydrogen-bond acceptors (Lipinski definition) is 3. The van der Waals surface area contributed by atoms with Crippen LogP contribution < -0.4 is 5.32 Å². The summed E-state index contributed by atoms with van der Waals surface area (Å²) in [7, 11) is 0. The molecule has 32 heavy (non-hydrogen) atoms. The molecule has 0 spiro atoms. The SMILES string of the molecule is CCCCCC(C)OC(=O)NCCCCCCCCCCCCCCCCCCCC=O. The predicted octanol–water partition coefficient (Wildman–Crippen LogP) is 8.90. The number of nitrogens with one attached hydrogen (secondary N) is 1. The molecule has 0 aromatic carbocycles. The summed E-state index contributed by atoms with van der Waals surface area (Å²) in [5.41, 5.74) is 0. The summed E-state index contributed by atoms with van der Waals surface area (Å²) >= 11 is 0. The summed E-state index contributed by atoms with van der Waals surface area (Å²) in [6.07, 6.45) is 28.3. The molecular formula is C28H55NO3. The molecule has 1 unspecified atom stereocenters. The summed E-state index contributed by atoms with van der Waals surface area (Å²) < 4.78 is 5.38. The first-order valence-electron chi connectivity index (χ1n) is 14.1. The van der Waals surface area contributed by atoms with Gasteiger partial charge in [-0.05, 0) is 32.6 Å². The number of alkyl carbamates (subject to hydrolysis) is 1. The largest absolute Gasteiger partial charge is 0.447 e. The highest BCUT2D eigenvalue weighted by Gasteiger charge is 2.08. The molecule has 190 valence electrons. The van der Waals surface area contributed by atoms with Crippen LogP contribution in [-0.4, -0.2) is 25.0 Å². The van der Waals surface area contributed by atoms with E-state index < -0.39 is 0 Å². The van der Waals surface area contributed by atoms with E-state index >= 15 is 0 Å². The predicted molar refractivity (Wildman–Crippen MR) is 137 cm³/mol. The van der Waals surface area contributed by atoms with Crippen LogP contribution in [0.25, 0.3) is 0 Å². The Morgan fingerprint density at radius 2 is 1.12 bits per heavy atom. The van der Waals surface area contributed by atoms with Gasteiger partial charge in [0.2, 0.25) is 0 Å². The van der Waals surface area contributed by atoms with Crippen LogP contribution in [0, 0.1) is 0 Å². The molecule has 0 saturated heterocycles. The summed E-state index contributed by atoms with van der Waals surface area (Å²) in [5.74, 6) is 0. The van der Waals surface area contributed by atoms with Gasteiger partial charge in [-0.25, -0.2) is 4.79 Å². The third kappa shape index (κ3) is 25.2. The Kier molecular flexibility index (Phi) is 25.3. The third-order valence-corrected chi connectivity index (χ3v) is 6.29. The van der Waals surface area contributed by atoms with Crippen molar-refractivity contribution >= 4 is 12.4 Å². The summed E-state index contributed by atoms with van der Waals surface area (Å²) in [4.78, 5) is 22.0. The number of amides is 1. The first-order valence-corrected chi connectivity index (χ1v) is 14.1. The van der Waals surface area contributed by atoms with E-state index in [0.717, 1.165) is 44.9 Å². The van der Waals surface area contributed by atoms with Crippen LogP contribution in [0.5, 0.6) is 0 Å². The second kappa shape index (κ2) is 26.2. The van der Waals surface area contributed by atoms with Crippen molar-refractivity contribution in [1.29, 1.82) is 0 Å². The lowest BCUT2D eigenvalue weighted by Crippen LogP contribution is -2.28. The van der Waals surface area contributed by atoms with Crippen LogP contribution in [0.3, 0.4) is 0 Å². The molecule has 0 aromatic heterocycles. The minimum absolute atomic E-state index is 0.0251. The number of hydrogen-bond donors (Lipinski definition) is 1. The minimum Gasteiger partial charge on any atom is -0.447 e. The lowest BCUT2D eigenvalue weighted by Gasteiger charge is -2.13. The number of carbonyl (C=O) groups is 2. The monoisotopic (exact) mass is 453 g/mol. The maximum atomic E-state index is 11.7. The van der Waals surface area contributed by atoms with E-state index in [1.807, 2.05) is 6.92 Å². The molecule has 0 radical (unpaired) electrons. The highest BCUT2D eigenvalue weighted by molar-refractivity contribution is 5.67. The molecule has 0 aliphatic carbocycles. The molecule has 0 saturated carbocycles. The van der Waals surface area contributed by atoms with Crippen LogP contribution in [0.15, 0.2) is 0 Å². The molecular weight excluding hydrogens is 398 g/mol. The van der Waals surface area contributed by atoms with Crippen molar-refractivity contribution in [3.05, 3.63) is 0 Å². The fourth-order valence-corrected chi connectivity index (χ4v) is 4.16. The van der Waals surface area contributed by atoms with Gasteiger partial charge in [-0.15, -0.1) is 0 Å². The molecule has 1 atom stereocenters. The van der Waals surface area contributed by atoms with Gasteiger partial charge in [-0.2, -0.15) is 0 Å². The normalized spacial score (nSPS) is 11.9. The van der Waals surface area contributed by atoms with E-state index in [1.54, 1.807) is 0 Å². The van der Waals surface area contributed by atoms with Crippen molar-refractivity contribution in [2.75, 3.05) is 6.54 Å². The summed E-state index contributed by atoms with van der Waals surface area (Å²) in [5, 5.41) is 2.89. The average Bonchev–Trinajstić information content (AvgIpc) is 2.78. The lowest BCUT2D eigenvalue weighted by atomic mass is 10.0. The van der Waals surface area contributed by atoms with Gasteiger partial charge in [0.05, 0.1) is 0 Å². The van der Waals surface area contributed by atoms with Crippen LogP contribution in [0.2, 0.25) is 0 Å². The van der Waals surface area contributed by atoms with Gasteiger partial charge in [-0.1, -0.05) is 116 Å². The molecule has 4 nitrogen and oxygen atoms in total. The van der Waals surface area contributed by atoms with Crippen molar-refractivity contribution < 1.29 is 14.3 Å². The Morgan fingerprint density at radius 1 is 0.688 bits per heavy atom. The summed E-state index contributed by atoms with van der Waals surface area (Å²) in [6, 6.07) is 0. The van der Waals surface area contributed by atoms with Gasteiger partial charge in [-0.3, -0.25) is 0 Å². The Hall–Kier alpha value is -1.06. The van der Waals surface area contributed by atoms with Crippen molar-refractivity contribution in [3.8, 4) is 0 Å². The molecule has 1 N–H and O–H groups in total. The van der Waals surface area contributed by atoms with Crippen molar-refractivity contribution in [1.82, 2.24) is 5.32 Å². The van der Waals surface area contributed by atoms with Crippen LogP contribution in [0.4, 0.5) is 4.79 Å². The van der Waals surface area contributed by atoms with E-state index in [1.165, 1.54) is 109 Å². The lowest BCUT2D eigenvalue weighted by molar-refractivity contribution is -0.107. The Morgan fingerprint density at radius 3 is 1.56 bits per heavy atom. The van der Waals surface area contributed by atoms with E-state index in [-0.39, 0.29) is 12.2 Å². The second-order valence-corrected chi connectivity index (χ2v) is 9.60. The Bertz CT molecular complexity index is 400. The van der Waals surface area contributed by atoms with Gasteiger partial charge >= 0.3 is 6.09 Å². The molecule has 0 rings (SSSR count). The maximum absolute atomic E-state index is 11.7. The fraction of sp³-hybridized carbons (Fsp3) is 0.929. The van der Waals surface area contributed by atoms with E-state index in [0.29, 0.717) is 0 Å². The van der Waals surface area contributed by atoms with E-state index in [9.17, 15) is 9.59 Å². The van der Waals surface area contributed by atoms with Crippen LogP contribution in [0.1, 0.15) is 155 Å². The van der Waals surface area contributed by atoms with Gasteiger partial charge in [0, 0.05) is 13.0 Å². The Balaban J connectivity index is 3.17. The van der Waals surface area contributed by atoms with Crippen molar-refractivity contribution in [2.45, 2.75) is 161 Å². The zero-order valence-electron chi connectivity index (χ0n) is 21.6. The first kappa shape index (κ1) is 30.9. The van der Waals surface area contributed by atoms with Gasteiger partial charge in [0.25, 0.3) is 0 Å². The molecule has 0 bridgehead atoms. The zero-order valence-corrected chi connectivity index (χ0v) is 21.6. The summed E-state index contributed by atoms with van der Waals surface area (Å²) in [6.45, 7) is 4.91. The number of unbranched alkanes of at least 4 members (excludes halogenated alkanes) is 19. The highest BCUT2D eigenvalue weighted by Crippen LogP contribution is 2.14. The van der Waals surface area contributed by atoms with Crippen LogP contribution in [-0.2, 0) is 9.53 Å². The average molecular weight is 454 g/mol. The van der Waals surface area contributed by atoms with E-state index in [2.05, 4.69) is 12.2 Å². The van der Waals surface area contributed by atoms with Crippen molar-refractivity contribution in [2.24, 2.45) is 0 Å². The number of rotatable bonds is 25.